The van der Waals surface area contributed by atoms with Gasteiger partial charge in [0.05, 0.1) is 11.1 Å². The Kier molecular flexibility index (Phi) is 14.8. The number of hydrogen-bond donors (Lipinski definition) is 0. The van der Waals surface area contributed by atoms with E-state index < -0.39 is 45.2 Å². The Morgan fingerprint density at radius 1 is 0.357 bits per heavy atom. The molecule has 0 aromatic heterocycles. The van der Waals surface area contributed by atoms with Gasteiger partial charge in [-0.3, -0.25) is 0 Å². The Morgan fingerprint density at radius 2 is 0.614 bits per heavy atom. The summed E-state index contributed by atoms with van der Waals surface area (Å²) in [6.07, 6.45) is 0. The summed E-state index contributed by atoms with van der Waals surface area (Å²) in [4.78, 5) is 29.7. The summed E-state index contributed by atoms with van der Waals surface area (Å²) in [5.74, 6) is 1.70. The molecule has 6 aromatic carbocycles. The summed E-state index contributed by atoms with van der Waals surface area (Å²) in [7, 11) is -9.37. The molecule has 374 valence electrons. The van der Waals surface area contributed by atoms with Crippen molar-refractivity contribution in [1.29, 1.82) is 0 Å². The van der Waals surface area contributed by atoms with E-state index in [2.05, 4.69) is 135 Å². The predicted molar refractivity (Wildman–Crippen MR) is 301 cm³/mol. The number of carbonyl (C=O) groups is 2. The maximum absolute atomic E-state index is 14.8. The molecule has 0 aliphatic carbocycles. The number of carbonyl (C=O) groups excluding carboxylic acids is 2. The summed E-state index contributed by atoms with van der Waals surface area (Å²) in [6, 6.07) is 34.3. The molecule has 0 radical (unpaired) electrons. The van der Waals surface area contributed by atoms with Gasteiger partial charge in [0.2, 0.25) is 33.3 Å². The minimum absolute atomic E-state index is 0.0916. The SMILES string of the molecule is CC(C)(C)[Si](C)(C)Oc1cc(O[Si](C)(C)C(C)(C)C)cc(C(=O)Oc2ccc3ccccc3c2-c2c(OC(=O)c3cc(O[Si](C)(C)C(C)(C)C)cc(O[Si](C)(C)C(C)(C)C)c3)ccc3ccccc23)c1. The van der Waals surface area contributed by atoms with Gasteiger partial charge in [-0.25, -0.2) is 9.59 Å². The second-order valence-corrected chi connectivity index (χ2v) is 43.8. The summed E-state index contributed by atoms with van der Waals surface area (Å²) in [5.41, 5.74) is 1.80. The van der Waals surface area contributed by atoms with E-state index in [1.165, 1.54) is 0 Å². The zero-order chi connectivity index (χ0) is 52.2. The molecule has 0 aliphatic heterocycles. The highest BCUT2D eigenvalue weighted by molar-refractivity contribution is 6.76. The number of rotatable bonds is 13. The third kappa shape index (κ3) is 11.8. The number of fused-ring (bicyclic) bond motifs is 2. The van der Waals surface area contributed by atoms with Crippen LogP contribution in [-0.4, -0.2) is 45.2 Å². The molecular weight excluding hydrogens is 937 g/mol. The molecule has 0 saturated heterocycles. The van der Waals surface area contributed by atoms with Gasteiger partial charge in [0.25, 0.3) is 0 Å². The molecule has 0 fully saturated rings. The zero-order valence-electron chi connectivity index (χ0n) is 45.7. The lowest BCUT2D eigenvalue weighted by molar-refractivity contribution is 0.0723. The van der Waals surface area contributed by atoms with Crippen LogP contribution in [0.25, 0.3) is 32.7 Å². The van der Waals surface area contributed by atoms with Gasteiger partial charge < -0.3 is 27.2 Å². The van der Waals surface area contributed by atoms with E-state index in [1.54, 1.807) is 24.3 Å². The molecule has 0 N–H and O–H groups in total. The molecule has 0 saturated carbocycles. The van der Waals surface area contributed by atoms with Crippen molar-refractivity contribution in [3.05, 3.63) is 120 Å². The average Bonchev–Trinajstić information content (AvgIpc) is 3.21. The van der Waals surface area contributed by atoms with Crippen molar-refractivity contribution >= 4 is 66.8 Å². The second kappa shape index (κ2) is 19.1. The number of hydrogen-bond acceptors (Lipinski definition) is 8. The van der Waals surface area contributed by atoms with Crippen molar-refractivity contribution in [1.82, 2.24) is 0 Å². The van der Waals surface area contributed by atoms with Crippen LogP contribution in [0.4, 0.5) is 0 Å². The van der Waals surface area contributed by atoms with Crippen LogP contribution in [0.15, 0.2) is 109 Å². The van der Waals surface area contributed by atoms with Crippen LogP contribution in [0, 0.1) is 0 Å². The lowest BCUT2D eigenvalue weighted by Crippen LogP contribution is -2.44. The fraction of sp³-hybridized carbons (Fsp3) is 0.414. The van der Waals surface area contributed by atoms with Crippen molar-refractivity contribution in [2.24, 2.45) is 0 Å². The van der Waals surface area contributed by atoms with Crippen LogP contribution in [0.3, 0.4) is 0 Å². The van der Waals surface area contributed by atoms with E-state index in [9.17, 15) is 9.59 Å². The first-order valence-corrected chi connectivity index (χ1v) is 36.2. The Labute approximate surface area is 422 Å². The largest absolute Gasteiger partial charge is 0.543 e. The van der Waals surface area contributed by atoms with Gasteiger partial charge in [0, 0.05) is 23.3 Å². The molecule has 0 amide bonds. The fourth-order valence-corrected chi connectivity index (χ4v) is 11.0. The van der Waals surface area contributed by atoms with Gasteiger partial charge in [-0.05, 0) is 130 Å². The molecular formula is C58H78O8Si4. The lowest BCUT2D eigenvalue weighted by Gasteiger charge is -2.38. The lowest BCUT2D eigenvalue weighted by atomic mass is 9.92. The van der Waals surface area contributed by atoms with Crippen molar-refractivity contribution in [3.8, 4) is 45.6 Å². The monoisotopic (exact) mass is 1010 g/mol. The van der Waals surface area contributed by atoms with Crippen LogP contribution in [-0.2, 0) is 0 Å². The Hall–Kier alpha value is -5.15. The molecule has 6 aromatic rings. The van der Waals surface area contributed by atoms with E-state index in [-0.39, 0.29) is 20.2 Å². The molecule has 12 heteroatoms. The smallest absolute Gasteiger partial charge is 0.343 e. The first-order chi connectivity index (χ1) is 32.0. The Balaban J connectivity index is 1.51. The van der Waals surface area contributed by atoms with Crippen molar-refractivity contribution in [2.75, 3.05) is 0 Å². The Bertz CT molecular complexity index is 2630. The molecule has 8 nitrogen and oxygen atoms in total. The quantitative estimate of drug-likeness (QED) is 0.0642. The highest BCUT2D eigenvalue weighted by atomic mass is 28.4. The van der Waals surface area contributed by atoms with Gasteiger partial charge in [-0.2, -0.15) is 0 Å². The van der Waals surface area contributed by atoms with Gasteiger partial charge >= 0.3 is 11.9 Å². The van der Waals surface area contributed by atoms with E-state index in [0.717, 1.165) is 21.5 Å². The number of ether oxygens (including phenoxy) is 2. The highest BCUT2D eigenvalue weighted by Crippen LogP contribution is 2.48. The minimum Gasteiger partial charge on any atom is -0.543 e. The Morgan fingerprint density at radius 3 is 0.871 bits per heavy atom. The summed E-state index contributed by atoms with van der Waals surface area (Å²) in [6.45, 7) is 43.7. The fourth-order valence-electron chi connectivity index (χ4n) is 6.91. The van der Waals surface area contributed by atoms with Gasteiger partial charge in [0.15, 0.2) is 0 Å². The van der Waals surface area contributed by atoms with E-state index >= 15 is 0 Å². The average molecular weight is 1020 g/mol. The van der Waals surface area contributed by atoms with Gasteiger partial charge in [-0.15, -0.1) is 0 Å². The van der Waals surface area contributed by atoms with Crippen LogP contribution in [0.5, 0.6) is 34.5 Å². The molecule has 0 aliphatic rings. The van der Waals surface area contributed by atoms with Crippen molar-refractivity contribution < 1.29 is 36.8 Å². The third-order valence-electron chi connectivity index (χ3n) is 15.4. The van der Waals surface area contributed by atoms with Crippen LogP contribution < -0.4 is 27.2 Å². The highest BCUT2D eigenvalue weighted by Gasteiger charge is 2.43. The first-order valence-electron chi connectivity index (χ1n) is 24.5. The first kappa shape index (κ1) is 54.2. The van der Waals surface area contributed by atoms with Crippen LogP contribution in [0.1, 0.15) is 104 Å². The van der Waals surface area contributed by atoms with E-state index in [0.29, 0.717) is 56.8 Å². The maximum atomic E-state index is 14.8. The molecule has 0 bridgehead atoms. The van der Waals surface area contributed by atoms with E-state index in [1.807, 2.05) is 84.9 Å². The third-order valence-corrected chi connectivity index (χ3v) is 32.8. The van der Waals surface area contributed by atoms with Crippen LogP contribution >= 0.6 is 0 Å². The normalized spacial score (nSPS) is 13.3. The van der Waals surface area contributed by atoms with Crippen LogP contribution in [0.2, 0.25) is 72.5 Å². The summed E-state index contributed by atoms with van der Waals surface area (Å²) >= 11 is 0. The summed E-state index contributed by atoms with van der Waals surface area (Å²) in [5, 5.41) is 3.09. The standard InChI is InChI=1S/C58H78O8Si4/c1-55(2,3)67(13,14)63-43-33-41(34-44(37-43)64-68(15,16)56(4,5)6)53(59)61-49-31-29-39-25-21-23-27-47(39)51(49)52-48-28-24-22-26-40(48)30-32-50(52)62-54(60)42-35-45(65-69(17,18)57(7,8)9)38-46(36-42)66-70(19,20)58(10,11)12/h21-38H,1-20H3. The maximum Gasteiger partial charge on any atom is 0.343 e. The topological polar surface area (TPSA) is 89.5 Å². The van der Waals surface area contributed by atoms with Gasteiger partial charge in [-0.1, -0.05) is 144 Å². The molecule has 6 rings (SSSR count). The molecule has 0 unspecified atom stereocenters. The molecule has 0 spiro atoms. The zero-order valence-corrected chi connectivity index (χ0v) is 49.7. The summed E-state index contributed by atoms with van der Waals surface area (Å²) < 4.78 is 40.5. The van der Waals surface area contributed by atoms with E-state index in [4.69, 9.17) is 27.2 Å². The molecule has 0 heterocycles. The van der Waals surface area contributed by atoms with Gasteiger partial charge in [0.1, 0.15) is 34.5 Å². The second-order valence-electron chi connectivity index (χ2n) is 24.9. The predicted octanol–water partition coefficient (Wildman–Crippen LogP) is 17.6. The molecule has 0 atom stereocenters. The van der Waals surface area contributed by atoms with Crippen molar-refractivity contribution in [3.63, 3.8) is 0 Å². The number of benzene rings is 6. The number of esters is 2. The van der Waals surface area contributed by atoms with Crippen molar-refractivity contribution in [2.45, 2.75) is 156 Å². The minimum atomic E-state index is -2.34. The molecule has 70 heavy (non-hydrogen) atoms.